The van der Waals surface area contributed by atoms with Crippen LogP contribution in [-0.4, -0.2) is 39.8 Å². The van der Waals surface area contributed by atoms with Crippen LogP contribution in [0.2, 0.25) is 0 Å². The van der Waals surface area contributed by atoms with Gasteiger partial charge in [-0.05, 0) is 28.8 Å². The van der Waals surface area contributed by atoms with E-state index in [2.05, 4.69) is 30.8 Å². The van der Waals surface area contributed by atoms with Crippen LogP contribution in [0.5, 0.6) is 0 Å². The first kappa shape index (κ1) is 18.0. The number of nitriles is 1. The van der Waals surface area contributed by atoms with Crippen LogP contribution in [0.25, 0.3) is 11.0 Å². The third-order valence-electron chi connectivity index (χ3n) is 5.52. The van der Waals surface area contributed by atoms with E-state index >= 15 is 0 Å². The maximum atomic E-state index is 11.6. The number of nitrogens with two attached hydrogens (primary N) is 1. The Hall–Kier alpha value is -2.40. The van der Waals surface area contributed by atoms with E-state index in [1.54, 1.807) is 12.3 Å². The Labute approximate surface area is 165 Å². The van der Waals surface area contributed by atoms with Gasteiger partial charge < -0.3 is 15.5 Å². The second-order valence-corrected chi connectivity index (χ2v) is 7.95. The number of fused-ring (bicyclic) bond motifs is 1. The van der Waals surface area contributed by atoms with Crippen molar-refractivity contribution in [3.63, 3.8) is 0 Å². The Morgan fingerprint density at radius 2 is 2.19 bits per heavy atom. The first-order valence-corrected chi connectivity index (χ1v) is 10.0. The van der Waals surface area contributed by atoms with Gasteiger partial charge in [0.25, 0.3) is 5.91 Å². The highest BCUT2D eigenvalue weighted by molar-refractivity contribution is 9.10. The molecule has 0 bridgehead atoms. The van der Waals surface area contributed by atoms with Crippen molar-refractivity contribution >= 4 is 44.3 Å². The molecule has 27 heavy (non-hydrogen) atoms. The molecular formula is C19H21BrN5O2+. The summed E-state index contributed by atoms with van der Waals surface area (Å²) in [6.07, 6.45) is 7.44. The maximum absolute atomic E-state index is 11.6. The normalized spacial score (nSPS) is 22.8. The van der Waals surface area contributed by atoms with Gasteiger partial charge in [0.2, 0.25) is 11.8 Å². The van der Waals surface area contributed by atoms with Crippen molar-refractivity contribution in [3.05, 3.63) is 22.5 Å². The monoisotopic (exact) mass is 430 g/mol. The van der Waals surface area contributed by atoms with Gasteiger partial charge in [-0.2, -0.15) is 5.26 Å². The quantitative estimate of drug-likeness (QED) is 0.727. The van der Waals surface area contributed by atoms with Gasteiger partial charge in [0.15, 0.2) is 11.3 Å². The van der Waals surface area contributed by atoms with Gasteiger partial charge in [0, 0.05) is 43.2 Å². The fourth-order valence-electron chi connectivity index (χ4n) is 4.15. The van der Waals surface area contributed by atoms with Crippen molar-refractivity contribution in [3.8, 4) is 6.07 Å². The number of nitrogens with zero attached hydrogens (tertiary/aromatic N) is 3. The lowest BCUT2D eigenvalue weighted by molar-refractivity contribution is -0.533. The number of carbonyl (C=O) groups excluding carboxylic acids is 1. The summed E-state index contributed by atoms with van der Waals surface area (Å²) < 4.78 is 8.46. The van der Waals surface area contributed by atoms with E-state index in [1.165, 1.54) is 5.71 Å². The van der Waals surface area contributed by atoms with E-state index in [4.69, 9.17) is 15.4 Å². The van der Waals surface area contributed by atoms with Crippen molar-refractivity contribution in [1.29, 1.82) is 5.26 Å². The molecule has 140 valence electrons. The summed E-state index contributed by atoms with van der Waals surface area (Å²) in [6.45, 7) is 0.937. The second-order valence-electron chi connectivity index (χ2n) is 7.16. The number of halogens is 1. The number of aromatic nitrogens is 1. The average molecular weight is 431 g/mol. The first-order chi connectivity index (χ1) is 13.1. The maximum Gasteiger partial charge on any atom is 0.286 e. The van der Waals surface area contributed by atoms with Gasteiger partial charge in [0.1, 0.15) is 18.4 Å². The summed E-state index contributed by atoms with van der Waals surface area (Å²) in [4.78, 5) is 16.1. The van der Waals surface area contributed by atoms with Crippen LogP contribution in [0, 0.1) is 11.3 Å². The number of rotatable bonds is 3. The van der Waals surface area contributed by atoms with E-state index in [0.29, 0.717) is 11.6 Å². The molecule has 1 amide bonds. The number of nitrogens with one attached hydrogen (secondary N) is 1. The zero-order chi connectivity index (χ0) is 19.0. The Kier molecular flexibility index (Phi) is 4.87. The van der Waals surface area contributed by atoms with Crippen LogP contribution in [0.4, 0.5) is 5.82 Å². The van der Waals surface area contributed by atoms with E-state index in [-0.39, 0.29) is 17.7 Å². The van der Waals surface area contributed by atoms with Crippen LogP contribution in [0.1, 0.15) is 44.3 Å². The zero-order valence-electron chi connectivity index (χ0n) is 14.9. The number of furan rings is 1. The van der Waals surface area contributed by atoms with Gasteiger partial charge >= 0.3 is 0 Å². The molecule has 2 aromatic heterocycles. The fourth-order valence-corrected chi connectivity index (χ4v) is 4.68. The molecule has 4 rings (SSSR count). The Morgan fingerprint density at radius 1 is 1.41 bits per heavy atom. The Balaban J connectivity index is 1.47. The topological polar surface area (TPSA) is 108 Å². The lowest BCUT2D eigenvalue weighted by Gasteiger charge is -2.24. The van der Waals surface area contributed by atoms with E-state index in [0.717, 1.165) is 60.7 Å². The van der Waals surface area contributed by atoms with Gasteiger partial charge in [-0.25, -0.2) is 9.56 Å². The summed E-state index contributed by atoms with van der Waals surface area (Å²) in [7, 11) is 0. The third-order valence-corrected chi connectivity index (χ3v) is 6.32. The summed E-state index contributed by atoms with van der Waals surface area (Å²) in [5, 5.41) is 13.3. The van der Waals surface area contributed by atoms with Crippen LogP contribution in [0.15, 0.2) is 21.2 Å². The molecular weight excluding hydrogens is 410 g/mol. The molecule has 0 spiro atoms. The average Bonchev–Trinajstić information content (AvgIpc) is 3.32. The Bertz CT molecular complexity index is 964. The molecule has 1 atom stereocenters. The third kappa shape index (κ3) is 3.44. The summed E-state index contributed by atoms with van der Waals surface area (Å²) >= 11 is 3.58. The standard InChI is InChI=1S/C19H20BrN5O2/c20-17-14-8-13(9-21)27-16(14)10-23-19(17)24-11-3-5-12(6-4-11)25-7-1-2-15(25)18(22)26/h8,10-11,15H,1-7H2,(H2-,22,23,24,26)/p+1/t11?,15-/m0/s1. The van der Waals surface area contributed by atoms with E-state index in [1.807, 2.05) is 6.07 Å². The summed E-state index contributed by atoms with van der Waals surface area (Å²) in [5.74, 6) is 0.826. The largest absolute Gasteiger partial charge is 0.444 e. The fraction of sp³-hybridized carbons (Fsp3) is 0.474. The SMILES string of the molecule is N#Cc1cc2c(Br)c(NC3CCC(=[N+]4CCC[C@H]4C(N)=O)CC3)ncc2o1. The molecule has 1 saturated carbocycles. The number of hydrogen-bond acceptors (Lipinski definition) is 5. The predicted octanol–water partition coefficient (Wildman–Crippen LogP) is 2.92. The second kappa shape index (κ2) is 7.31. The van der Waals surface area contributed by atoms with Crippen molar-refractivity contribution in [2.75, 3.05) is 11.9 Å². The minimum Gasteiger partial charge on any atom is -0.444 e. The molecule has 2 aromatic rings. The molecule has 1 saturated heterocycles. The number of primary amides is 1. The smallest absolute Gasteiger partial charge is 0.286 e. The molecule has 3 heterocycles. The zero-order valence-corrected chi connectivity index (χ0v) is 16.5. The molecule has 0 radical (unpaired) electrons. The molecule has 2 aliphatic rings. The lowest BCUT2D eigenvalue weighted by atomic mass is 9.93. The Morgan fingerprint density at radius 3 is 2.89 bits per heavy atom. The van der Waals surface area contributed by atoms with E-state index in [9.17, 15) is 4.79 Å². The molecule has 1 aliphatic heterocycles. The highest BCUT2D eigenvalue weighted by Gasteiger charge is 2.36. The van der Waals surface area contributed by atoms with Crippen LogP contribution in [0.3, 0.4) is 0 Å². The number of pyridine rings is 1. The minimum atomic E-state index is -0.210. The van der Waals surface area contributed by atoms with Gasteiger partial charge in [-0.1, -0.05) is 0 Å². The lowest BCUT2D eigenvalue weighted by Crippen LogP contribution is -2.39. The molecule has 1 aliphatic carbocycles. The van der Waals surface area contributed by atoms with Gasteiger partial charge in [-0.15, -0.1) is 0 Å². The van der Waals surface area contributed by atoms with Gasteiger partial charge in [-0.3, -0.25) is 4.79 Å². The number of amides is 1. The minimum absolute atomic E-state index is 0.127. The van der Waals surface area contributed by atoms with Crippen molar-refractivity contribution in [2.24, 2.45) is 5.73 Å². The number of hydrogen-bond donors (Lipinski definition) is 2. The highest BCUT2D eigenvalue weighted by atomic mass is 79.9. The summed E-state index contributed by atoms with van der Waals surface area (Å²) in [6, 6.07) is 3.92. The van der Waals surface area contributed by atoms with E-state index < -0.39 is 0 Å². The molecule has 0 aromatic carbocycles. The first-order valence-electron chi connectivity index (χ1n) is 9.22. The van der Waals surface area contributed by atoms with Crippen molar-refractivity contribution < 1.29 is 13.8 Å². The van der Waals surface area contributed by atoms with Gasteiger partial charge in [0.05, 0.1) is 10.7 Å². The molecule has 8 heteroatoms. The number of carbonyl (C=O) groups is 1. The van der Waals surface area contributed by atoms with Crippen LogP contribution < -0.4 is 11.1 Å². The molecule has 7 nitrogen and oxygen atoms in total. The highest BCUT2D eigenvalue weighted by Crippen LogP contribution is 2.33. The number of anilines is 1. The van der Waals surface area contributed by atoms with Crippen molar-refractivity contribution in [2.45, 2.75) is 50.6 Å². The molecule has 0 unspecified atom stereocenters. The molecule has 3 N–H and O–H groups in total. The predicted molar refractivity (Wildman–Crippen MR) is 105 cm³/mol. The van der Waals surface area contributed by atoms with Crippen LogP contribution in [-0.2, 0) is 4.79 Å². The van der Waals surface area contributed by atoms with Crippen molar-refractivity contribution in [1.82, 2.24) is 4.98 Å². The summed E-state index contributed by atoms with van der Waals surface area (Å²) in [5.41, 5.74) is 7.50. The molecule has 2 fully saturated rings. The van der Waals surface area contributed by atoms with Crippen LogP contribution >= 0.6 is 15.9 Å².